The van der Waals surface area contributed by atoms with E-state index in [1.165, 1.54) is 12.1 Å². The summed E-state index contributed by atoms with van der Waals surface area (Å²) >= 11 is 0. The number of benzene rings is 2. The van der Waals surface area contributed by atoms with Gasteiger partial charge in [-0.05, 0) is 48.9 Å². The molecule has 0 aromatic heterocycles. The molecule has 0 heterocycles. The second-order valence-corrected chi connectivity index (χ2v) is 6.31. The summed E-state index contributed by atoms with van der Waals surface area (Å²) in [6.07, 6.45) is -0.0959. The van der Waals surface area contributed by atoms with Crippen molar-refractivity contribution in [1.82, 2.24) is 10.6 Å². The van der Waals surface area contributed by atoms with E-state index in [-0.39, 0.29) is 11.9 Å². The number of anilines is 1. The Hall–Kier alpha value is -2.80. The Bertz CT molecular complexity index is 720. The molecule has 152 valence electrons. The highest BCUT2D eigenvalue weighted by Crippen LogP contribution is 2.12. The number of nitrogens with one attached hydrogen (secondary N) is 3. The van der Waals surface area contributed by atoms with Gasteiger partial charge in [0.25, 0.3) is 0 Å². The summed E-state index contributed by atoms with van der Waals surface area (Å²) in [6.45, 7) is 4.63. The van der Waals surface area contributed by atoms with Gasteiger partial charge in [0, 0.05) is 32.9 Å². The Balaban J connectivity index is 1.72. The van der Waals surface area contributed by atoms with Gasteiger partial charge in [-0.25, -0.2) is 4.39 Å². The zero-order valence-corrected chi connectivity index (χ0v) is 16.7. The Morgan fingerprint density at radius 3 is 2.43 bits per heavy atom. The van der Waals surface area contributed by atoms with Gasteiger partial charge in [0.2, 0.25) is 0 Å². The molecule has 0 amide bonds. The molecular weight excluding hydrogens is 359 g/mol. The number of halogens is 1. The number of hydrogen-bond acceptors (Lipinski definition) is 4. The van der Waals surface area contributed by atoms with Crippen molar-refractivity contribution in [2.45, 2.75) is 19.6 Å². The third kappa shape index (κ3) is 7.84. The van der Waals surface area contributed by atoms with Crippen molar-refractivity contribution in [2.75, 3.05) is 39.2 Å². The second kappa shape index (κ2) is 11.8. The van der Waals surface area contributed by atoms with Crippen molar-refractivity contribution in [3.63, 3.8) is 0 Å². The zero-order valence-electron chi connectivity index (χ0n) is 16.7. The molecular formula is C21H29FN4O2. The average molecular weight is 388 g/mol. The van der Waals surface area contributed by atoms with Crippen molar-refractivity contribution in [1.29, 1.82) is 0 Å². The van der Waals surface area contributed by atoms with E-state index in [9.17, 15) is 4.39 Å². The SMILES string of the molecule is CN=C(NCc1ccc(NCCOC)cc1)NCC(C)Oc1ccc(F)cc1. The minimum Gasteiger partial charge on any atom is -0.489 e. The lowest BCUT2D eigenvalue weighted by Gasteiger charge is -2.18. The van der Waals surface area contributed by atoms with E-state index in [4.69, 9.17) is 9.47 Å². The van der Waals surface area contributed by atoms with Crippen LogP contribution in [-0.2, 0) is 11.3 Å². The van der Waals surface area contributed by atoms with Crippen LogP contribution in [0.3, 0.4) is 0 Å². The van der Waals surface area contributed by atoms with Crippen molar-refractivity contribution >= 4 is 11.6 Å². The molecule has 0 aliphatic rings. The molecule has 2 aromatic rings. The topological polar surface area (TPSA) is 66.9 Å². The van der Waals surface area contributed by atoms with Crippen LogP contribution in [-0.4, -0.2) is 45.9 Å². The van der Waals surface area contributed by atoms with Crippen molar-refractivity contribution < 1.29 is 13.9 Å². The highest BCUT2D eigenvalue weighted by atomic mass is 19.1. The number of methoxy groups -OCH3 is 1. The largest absolute Gasteiger partial charge is 0.489 e. The molecule has 3 N–H and O–H groups in total. The summed E-state index contributed by atoms with van der Waals surface area (Å²) in [5.74, 6) is 1.05. The van der Waals surface area contributed by atoms with Crippen LogP contribution in [0.5, 0.6) is 5.75 Å². The summed E-state index contributed by atoms with van der Waals surface area (Å²) in [6, 6.07) is 14.2. The highest BCUT2D eigenvalue weighted by molar-refractivity contribution is 5.79. The van der Waals surface area contributed by atoms with Crippen LogP contribution < -0.4 is 20.7 Å². The van der Waals surface area contributed by atoms with Gasteiger partial charge < -0.3 is 25.4 Å². The van der Waals surface area contributed by atoms with E-state index >= 15 is 0 Å². The third-order valence-electron chi connectivity index (χ3n) is 3.98. The van der Waals surface area contributed by atoms with E-state index < -0.39 is 0 Å². The summed E-state index contributed by atoms with van der Waals surface area (Å²) in [7, 11) is 3.41. The molecule has 2 aromatic carbocycles. The molecule has 6 nitrogen and oxygen atoms in total. The number of rotatable bonds is 10. The number of nitrogens with zero attached hydrogens (tertiary/aromatic N) is 1. The van der Waals surface area contributed by atoms with Crippen LogP contribution in [0.1, 0.15) is 12.5 Å². The van der Waals surface area contributed by atoms with E-state index in [1.807, 2.05) is 19.1 Å². The Morgan fingerprint density at radius 1 is 1.07 bits per heavy atom. The molecule has 7 heteroatoms. The van der Waals surface area contributed by atoms with Gasteiger partial charge in [-0.15, -0.1) is 0 Å². The van der Waals surface area contributed by atoms with E-state index in [2.05, 4.69) is 33.1 Å². The zero-order chi connectivity index (χ0) is 20.2. The Kier molecular flexibility index (Phi) is 9.07. The lowest BCUT2D eigenvalue weighted by Crippen LogP contribution is -2.41. The fourth-order valence-electron chi connectivity index (χ4n) is 2.47. The molecule has 1 unspecified atom stereocenters. The predicted octanol–water partition coefficient (Wildman–Crippen LogP) is 3.02. The second-order valence-electron chi connectivity index (χ2n) is 6.31. The lowest BCUT2D eigenvalue weighted by molar-refractivity contribution is 0.211. The molecule has 28 heavy (non-hydrogen) atoms. The summed E-state index contributed by atoms with van der Waals surface area (Å²) < 4.78 is 23.7. The minimum absolute atomic E-state index is 0.0959. The van der Waals surface area contributed by atoms with Gasteiger partial charge in [0.05, 0.1) is 13.2 Å². The molecule has 1 atom stereocenters. The van der Waals surface area contributed by atoms with Gasteiger partial charge in [0.15, 0.2) is 5.96 Å². The third-order valence-corrected chi connectivity index (χ3v) is 3.98. The standard InChI is InChI=1S/C21H29FN4O2/c1-16(28-20-10-6-18(22)7-11-20)14-25-21(23-2)26-15-17-4-8-19(9-5-17)24-12-13-27-3/h4-11,16,24H,12-15H2,1-3H3,(H2,23,25,26). The smallest absolute Gasteiger partial charge is 0.191 e. The number of ether oxygens (including phenoxy) is 2. The van der Waals surface area contributed by atoms with Crippen molar-refractivity contribution in [3.05, 3.63) is 59.9 Å². The fourth-order valence-corrected chi connectivity index (χ4v) is 2.47. The number of aliphatic imine (C=N–C) groups is 1. The quantitative estimate of drug-likeness (QED) is 0.332. The molecule has 0 fully saturated rings. The Morgan fingerprint density at radius 2 is 1.79 bits per heavy atom. The maximum Gasteiger partial charge on any atom is 0.191 e. The highest BCUT2D eigenvalue weighted by Gasteiger charge is 2.06. The first-order valence-electron chi connectivity index (χ1n) is 9.29. The normalized spacial score (nSPS) is 12.4. The molecule has 0 aliphatic heterocycles. The molecule has 0 spiro atoms. The molecule has 0 aliphatic carbocycles. The average Bonchev–Trinajstić information content (AvgIpc) is 2.71. The lowest BCUT2D eigenvalue weighted by atomic mass is 10.2. The Labute approximate surface area is 166 Å². The van der Waals surface area contributed by atoms with Crippen LogP contribution >= 0.6 is 0 Å². The summed E-state index contributed by atoms with van der Waals surface area (Å²) in [5.41, 5.74) is 2.21. The first-order chi connectivity index (χ1) is 13.6. The first kappa shape index (κ1) is 21.5. The molecule has 0 radical (unpaired) electrons. The molecule has 0 bridgehead atoms. The first-order valence-corrected chi connectivity index (χ1v) is 9.29. The van der Waals surface area contributed by atoms with E-state index in [1.54, 1.807) is 26.3 Å². The van der Waals surface area contributed by atoms with Gasteiger partial charge in [-0.3, -0.25) is 4.99 Å². The maximum absolute atomic E-state index is 12.9. The van der Waals surface area contributed by atoms with Gasteiger partial charge in [-0.2, -0.15) is 0 Å². The van der Waals surface area contributed by atoms with Gasteiger partial charge in [0.1, 0.15) is 17.7 Å². The van der Waals surface area contributed by atoms with Gasteiger partial charge in [-0.1, -0.05) is 12.1 Å². The van der Waals surface area contributed by atoms with Crippen molar-refractivity contribution in [2.24, 2.45) is 4.99 Å². The van der Waals surface area contributed by atoms with Gasteiger partial charge >= 0.3 is 0 Å². The monoisotopic (exact) mass is 388 g/mol. The van der Waals surface area contributed by atoms with Crippen LogP contribution in [0, 0.1) is 5.82 Å². The number of hydrogen-bond donors (Lipinski definition) is 3. The van der Waals surface area contributed by atoms with Crippen LogP contribution in [0.15, 0.2) is 53.5 Å². The molecule has 0 saturated carbocycles. The predicted molar refractivity (Wildman–Crippen MR) is 111 cm³/mol. The van der Waals surface area contributed by atoms with E-state index in [0.29, 0.717) is 31.4 Å². The van der Waals surface area contributed by atoms with Crippen LogP contribution in [0.4, 0.5) is 10.1 Å². The van der Waals surface area contributed by atoms with Crippen LogP contribution in [0.25, 0.3) is 0 Å². The molecule has 2 rings (SSSR count). The maximum atomic E-state index is 12.9. The number of guanidine groups is 1. The fraction of sp³-hybridized carbons (Fsp3) is 0.381. The summed E-state index contributed by atoms with van der Waals surface area (Å²) in [5, 5.41) is 9.80. The summed E-state index contributed by atoms with van der Waals surface area (Å²) in [4.78, 5) is 4.22. The molecule has 0 saturated heterocycles. The van der Waals surface area contributed by atoms with Crippen molar-refractivity contribution in [3.8, 4) is 5.75 Å². The van der Waals surface area contributed by atoms with E-state index in [0.717, 1.165) is 17.8 Å². The van der Waals surface area contributed by atoms with Crippen LogP contribution in [0.2, 0.25) is 0 Å². The minimum atomic E-state index is -0.276.